The van der Waals surface area contributed by atoms with Crippen molar-refractivity contribution in [2.45, 2.75) is 13.3 Å². The van der Waals surface area contributed by atoms with Crippen LogP contribution in [0.3, 0.4) is 0 Å². The van der Waals surface area contributed by atoms with Crippen molar-refractivity contribution in [1.82, 2.24) is 9.97 Å². The van der Waals surface area contributed by atoms with Gasteiger partial charge < -0.3 is 0 Å². The molecule has 1 aromatic heterocycles. The summed E-state index contributed by atoms with van der Waals surface area (Å²) in [6, 6.07) is 0. The van der Waals surface area contributed by atoms with Gasteiger partial charge in [-0.05, 0) is 12.5 Å². The number of hydrogen-bond donors (Lipinski definition) is 0. The summed E-state index contributed by atoms with van der Waals surface area (Å²) >= 11 is 0. The Bertz CT molecular complexity index is 271. The zero-order valence-electron chi connectivity index (χ0n) is 6.54. The van der Waals surface area contributed by atoms with E-state index in [9.17, 15) is 0 Å². The van der Waals surface area contributed by atoms with Gasteiger partial charge in [0.15, 0.2) is 0 Å². The monoisotopic (exact) mass is 146 g/mol. The Labute approximate surface area is 66.3 Å². The first-order valence-corrected chi connectivity index (χ1v) is 3.43. The van der Waals surface area contributed by atoms with E-state index in [4.69, 9.17) is 0 Å². The molecular weight excluding hydrogens is 136 g/mol. The molecule has 1 aromatic rings. The van der Waals surface area contributed by atoms with E-state index in [1.54, 1.807) is 18.6 Å². The summed E-state index contributed by atoms with van der Waals surface area (Å²) in [6.45, 7) is 5.52. The first kappa shape index (κ1) is 7.70. The van der Waals surface area contributed by atoms with Crippen LogP contribution in [0.1, 0.15) is 12.6 Å². The van der Waals surface area contributed by atoms with Crippen molar-refractivity contribution in [3.05, 3.63) is 42.2 Å². The lowest BCUT2D eigenvalue weighted by atomic mass is 10.2. The highest BCUT2D eigenvalue weighted by atomic mass is 14.8. The Morgan fingerprint density at radius 1 is 1.64 bits per heavy atom. The van der Waals surface area contributed by atoms with E-state index in [1.807, 2.05) is 6.92 Å². The van der Waals surface area contributed by atoms with Crippen LogP contribution in [0.2, 0.25) is 0 Å². The van der Waals surface area contributed by atoms with Crippen LogP contribution in [0.15, 0.2) is 36.5 Å². The molecule has 0 spiro atoms. The molecule has 2 nitrogen and oxygen atoms in total. The van der Waals surface area contributed by atoms with Crippen LogP contribution in [-0.4, -0.2) is 9.97 Å². The molecule has 0 bridgehead atoms. The fourth-order valence-electron chi connectivity index (χ4n) is 0.755. The lowest BCUT2D eigenvalue weighted by Crippen LogP contribution is -1.90. The normalized spacial score (nSPS) is 8.82. The smallest absolute Gasteiger partial charge is 0.0633 e. The third-order valence-electron chi connectivity index (χ3n) is 1.36. The zero-order chi connectivity index (χ0) is 8.10. The number of allylic oxidation sites excluding steroid dienone is 1. The fraction of sp³-hybridized carbons (Fsp3) is 0.222. The lowest BCUT2D eigenvalue weighted by Gasteiger charge is -1.95. The quantitative estimate of drug-likeness (QED) is 0.594. The number of hydrogen-bond acceptors (Lipinski definition) is 2. The SMILES string of the molecule is C=C=C(C)Cc1cnccn1. The van der Waals surface area contributed by atoms with Crippen LogP contribution in [0.5, 0.6) is 0 Å². The second kappa shape index (κ2) is 3.69. The number of aromatic nitrogens is 2. The van der Waals surface area contributed by atoms with Crippen molar-refractivity contribution in [2.75, 3.05) is 0 Å². The minimum absolute atomic E-state index is 0.789. The van der Waals surface area contributed by atoms with Gasteiger partial charge in [0.25, 0.3) is 0 Å². The first-order chi connectivity index (χ1) is 5.33. The molecule has 1 heterocycles. The average molecular weight is 146 g/mol. The van der Waals surface area contributed by atoms with Crippen LogP contribution < -0.4 is 0 Å². The Morgan fingerprint density at radius 3 is 3.00 bits per heavy atom. The molecule has 0 radical (unpaired) electrons. The highest BCUT2D eigenvalue weighted by molar-refractivity contribution is 5.08. The summed E-state index contributed by atoms with van der Waals surface area (Å²) in [5, 5.41) is 0. The van der Waals surface area contributed by atoms with Crippen LogP contribution in [0.4, 0.5) is 0 Å². The van der Waals surface area contributed by atoms with Gasteiger partial charge in [-0.15, -0.1) is 5.73 Å². The predicted molar refractivity (Wildman–Crippen MR) is 44.1 cm³/mol. The third-order valence-corrected chi connectivity index (χ3v) is 1.36. The van der Waals surface area contributed by atoms with Crippen molar-refractivity contribution in [2.24, 2.45) is 0 Å². The summed E-state index contributed by atoms with van der Waals surface area (Å²) in [7, 11) is 0. The molecule has 2 heteroatoms. The van der Waals surface area contributed by atoms with Crippen LogP contribution in [0, 0.1) is 0 Å². The Hall–Kier alpha value is -1.40. The van der Waals surface area contributed by atoms with Crippen LogP contribution in [0.25, 0.3) is 0 Å². The number of rotatable bonds is 2. The molecule has 0 fully saturated rings. The van der Waals surface area contributed by atoms with Crippen molar-refractivity contribution < 1.29 is 0 Å². The van der Waals surface area contributed by atoms with Gasteiger partial charge in [-0.25, -0.2) is 0 Å². The zero-order valence-corrected chi connectivity index (χ0v) is 6.54. The topological polar surface area (TPSA) is 25.8 Å². The van der Waals surface area contributed by atoms with Crippen LogP contribution in [-0.2, 0) is 6.42 Å². The van der Waals surface area contributed by atoms with Crippen molar-refractivity contribution in [3.8, 4) is 0 Å². The summed E-state index contributed by atoms with van der Waals surface area (Å²) < 4.78 is 0. The van der Waals surface area contributed by atoms with Gasteiger partial charge >= 0.3 is 0 Å². The van der Waals surface area contributed by atoms with Gasteiger partial charge in [0, 0.05) is 25.0 Å². The van der Waals surface area contributed by atoms with Crippen molar-refractivity contribution >= 4 is 0 Å². The number of nitrogens with zero attached hydrogens (tertiary/aromatic N) is 2. The fourth-order valence-corrected chi connectivity index (χ4v) is 0.755. The Balaban J connectivity index is 2.73. The van der Waals surface area contributed by atoms with E-state index >= 15 is 0 Å². The molecule has 0 aliphatic heterocycles. The molecule has 0 aliphatic carbocycles. The van der Waals surface area contributed by atoms with E-state index in [0.717, 1.165) is 17.7 Å². The van der Waals surface area contributed by atoms with Gasteiger partial charge in [0.2, 0.25) is 0 Å². The van der Waals surface area contributed by atoms with E-state index in [1.165, 1.54) is 0 Å². The summed E-state index contributed by atoms with van der Waals surface area (Å²) in [6.07, 6.45) is 5.89. The predicted octanol–water partition coefficient (Wildman–Crippen LogP) is 1.75. The third kappa shape index (κ3) is 2.36. The van der Waals surface area contributed by atoms with Gasteiger partial charge in [-0.3, -0.25) is 9.97 Å². The average Bonchev–Trinajstić information content (AvgIpc) is 2.06. The van der Waals surface area contributed by atoms with Crippen LogP contribution >= 0.6 is 0 Å². The standard InChI is InChI=1S/C9H10N2/c1-3-8(2)6-9-7-10-4-5-11-9/h4-5,7H,1,6H2,2H3. The maximum atomic E-state index is 4.12. The molecule has 11 heavy (non-hydrogen) atoms. The molecular formula is C9H10N2. The highest BCUT2D eigenvalue weighted by Crippen LogP contribution is 1.99. The Morgan fingerprint density at radius 2 is 2.45 bits per heavy atom. The maximum Gasteiger partial charge on any atom is 0.0633 e. The molecule has 1 rings (SSSR count). The van der Waals surface area contributed by atoms with Crippen molar-refractivity contribution in [3.63, 3.8) is 0 Å². The molecule has 0 atom stereocenters. The van der Waals surface area contributed by atoms with Gasteiger partial charge in [-0.2, -0.15) is 0 Å². The van der Waals surface area contributed by atoms with Gasteiger partial charge in [-0.1, -0.05) is 6.58 Å². The van der Waals surface area contributed by atoms with E-state index in [-0.39, 0.29) is 0 Å². The second-order valence-corrected chi connectivity index (χ2v) is 2.33. The van der Waals surface area contributed by atoms with Crippen molar-refractivity contribution in [1.29, 1.82) is 0 Å². The largest absolute Gasteiger partial charge is 0.261 e. The minimum atomic E-state index is 0.789. The molecule has 0 unspecified atom stereocenters. The van der Waals surface area contributed by atoms with E-state index in [0.29, 0.717) is 0 Å². The minimum Gasteiger partial charge on any atom is -0.261 e. The highest BCUT2D eigenvalue weighted by Gasteiger charge is 1.92. The van der Waals surface area contributed by atoms with Gasteiger partial charge in [0.1, 0.15) is 0 Å². The molecule has 56 valence electrons. The molecule has 0 aliphatic rings. The second-order valence-electron chi connectivity index (χ2n) is 2.33. The molecule has 0 aromatic carbocycles. The molecule has 0 N–H and O–H groups in total. The first-order valence-electron chi connectivity index (χ1n) is 3.43. The van der Waals surface area contributed by atoms with E-state index < -0.39 is 0 Å². The lowest BCUT2D eigenvalue weighted by molar-refractivity contribution is 1.01. The van der Waals surface area contributed by atoms with E-state index in [2.05, 4.69) is 22.3 Å². The summed E-state index contributed by atoms with van der Waals surface area (Å²) in [5.41, 5.74) is 4.86. The molecule has 0 saturated heterocycles. The van der Waals surface area contributed by atoms with Gasteiger partial charge in [0.05, 0.1) is 5.69 Å². The Kier molecular flexibility index (Phi) is 2.59. The molecule has 0 amide bonds. The summed E-state index contributed by atoms with van der Waals surface area (Å²) in [4.78, 5) is 8.06. The molecule has 0 saturated carbocycles. The maximum absolute atomic E-state index is 4.12. The summed E-state index contributed by atoms with van der Waals surface area (Å²) in [5.74, 6) is 0.